The van der Waals surface area contributed by atoms with Crippen LogP contribution in [-0.4, -0.2) is 51.2 Å². The van der Waals surface area contributed by atoms with Crippen molar-refractivity contribution >= 4 is 27.9 Å². The molecule has 0 spiro atoms. The number of alkyl halides is 2. The number of aromatic hydroxyl groups is 1. The van der Waals surface area contributed by atoms with Crippen LogP contribution in [0.15, 0.2) is 35.2 Å². The standard InChI is InChI=1S/C17H19F2NO9S/c1-10(2)16(24)28-8-7-27-15(23)6-5-14(22)20-30(25,26)11-3-4-13(12(21)9-11)29-17(18)19/h3-4,9,17,21H,1,5-8H2,2H3,(H,20,22). The molecule has 0 bridgehead atoms. The van der Waals surface area contributed by atoms with Crippen LogP contribution in [0.5, 0.6) is 11.5 Å². The number of rotatable bonds is 11. The Kier molecular flexibility index (Phi) is 9.17. The smallest absolute Gasteiger partial charge is 0.387 e. The molecule has 0 radical (unpaired) electrons. The first kappa shape index (κ1) is 24.8. The number of benzene rings is 1. The molecule has 0 unspecified atom stereocenters. The summed E-state index contributed by atoms with van der Waals surface area (Å²) in [5.74, 6) is -4.06. The normalized spacial score (nSPS) is 10.9. The molecule has 0 aliphatic rings. The summed E-state index contributed by atoms with van der Waals surface area (Å²) < 4.78 is 63.5. The number of hydrogen-bond acceptors (Lipinski definition) is 9. The Morgan fingerprint density at radius 2 is 1.80 bits per heavy atom. The van der Waals surface area contributed by atoms with Crippen LogP contribution in [0, 0.1) is 0 Å². The maximum Gasteiger partial charge on any atom is 0.387 e. The largest absolute Gasteiger partial charge is 0.504 e. The lowest BCUT2D eigenvalue weighted by Crippen LogP contribution is -2.31. The van der Waals surface area contributed by atoms with E-state index in [1.807, 2.05) is 0 Å². The fourth-order valence-corrected chi connectivity index (χ4v) is 2.85. The van der Waals surface area contributed by atoms with Gasteiger partial charge in [0.05, 0.1) is 11.3 Å². The van der Waals surface area contributed by atoms with E-state index >= 15 is 0 Å². The number of amides is 1. The van der Waals surface area contributed by atoms with Gasteiger partial charge in [-0.1, -0.05) is 6.58 Å². The van der Waals surface area contributed by atoms with E-state index in [9.17, 15) is 36.7 Å². The summed E-state index contributed by atoms with van der Waals surface area (Å²) in [5.41, 5.74) is 0.170. The highest BCUT2D eigenvalue weighted by molar-refractivity contribution is 7.90. The zero-order chi connectivity index (χ0) is 22.9. The quantitative estimate of drug-likeness (QED) is 0.288. The van der Waals surface area contributed by atoms with Gasteiger partial charge < -0.3 is 19.3 Å². The van der Waals surface area contributed by atoms with Crippen LogP contribution < -0.4 is 9.46 Å². The van der Waals surface area contributed by atoms with Gasteiger partial charge in [0.15, 0.2) is 11.5 Å². The third-order valence-electron chi connectivity index (χ3n) is 3.19. The van der Waals surface area contributed by atoms with Crippen molar-refractivity contribution in [3.8, 4) is 11.5 Å². The molecule has 2 N–H and O–H groups in total. The van der Waals surface area contributed by atoms with Crippen LogP contribution in [0.25, 0.3) is 0 Å². The first-order chi connectivity index (χ1) is 13.9. The summed E-state index contributed by atoms with van der Waals surface area (Å²) in [7, 11) is -4.43. The molecule has 0 atom stereocenters. The summed E-state index contributed by atoms with van der Waals surface area (Å²) in [6, 6.07) is 2.25. The molecular weight excluding hydrogens is 432 g/mol. The SMILES string of the molecule is C=C(C)C(=O)OCCOC(=O)CCC(=O)NS(=O)(=O)c1ccc(OC(F)F)c(O)c1. The molecule has 30 heavy (non-hydrogen) atoms. The molecule has 0 aliphatic carbocycles. The number of phenols is 1. The third kappa shape index (κ3) is 8.43. The molecule has 0 heterocycles. The number of esters is 2. The summed E-state index contributed by atoms with van der Waals surface area (Å²) >= 11 is 0. The van der Waals surface area contributed by atoms with Gasteiger partial charge in [0.1, 0.15) is 13.2 Å². The minimum absolute atomic E-state index is 0.170. The van der Waals surface area contributed by atoms with Gasteiger partial charge in [-0.2, -0.15) is 8.78 Å². The second-order valence-electron chi connectivity index (χ2n) is 5.67. The molecule has 10 nitrogen and oxygen atoms in total. The molecule has 0 saturated heterocycles. The predicted octanol–water partition coefficient (Wildman–Crippen LogP) is 1.24. The van der Waals surface area contributed by atoms with Crippen LogP contribution in [0.3, 0.4) is 0 Å². The second kappa shape index (κ2) is 11.1. The average Bonchev–Trinajstić information content (AvgIpc) is 2.64. The number of halogens is 2. The Balaban J connectivity index is 2.50. The van der Waals surface area contributed by atoms with Gasteiger partial charge >= 0.3 is 18.6 Å². The van der Waals surface area contributed by atoms with Gasteiger partial charge in [0, 0.05) is 18.1 Å². The van der Waals surface area contributed by atoms with Crippen LogP contribution in [0.1, 0.15) is 19.8 Å². The Morgan fingerprint density at radius 1 is 1.17 bits per heavy atom. The fraction of sp³-hybridized carbons (Fsp3) is 0.353. The minimum Gasteiger partial charge on any atom is -0.504 e. The van der Waals surface area contributed by atoms with E-state index in [0.717, 1.165) is 12.1 Å². The van der Waals surface area contributed by atoms with Gasteiger partial charge in [0.2, 0.25) is 5.91 Å². The number of carbonyl (C=O) groups excluding carboxylic acids is 3. The Labute approximate surface area is 170 Å². The lowest BCUT2D eigenvalue weighted by atomic mass is 10.3. The van der Waals surface area contributed by atoms with Crippen molar-refractivity contribution in [3.05, 3.63) is 30.4 Å². The highest BCUT2D eigenvalue weighted by atomic mass is 32.2. The van der Waals surface area contributed by atoms with E-state index in [1.165, 1.54) is 6.92 Å². The number of carbonyl (C=O) groups is 3. The van der Waals surface area contributed by atoms with Gasteiger partial charge in [-0.25, -0.2) is 17.9 Å². The van der Waals surface area contributed by atoms with Crippen LogP contribution >= 0.6 is 0 Å². The van der Waals surface area contributed by atoms with E-state index in [2.05, 4.69) is 16.1 Å². The zero-order valence-corrected chi connectivity index (χ0v) is 16.5. The second-order valence-corrected chi connectivity index (χ2v) is 7.36. The molecule has 1 rings (SSSR count). The number of phenolic OH excluding ortho intramolecular Hbond substituents is 1. The molecule has 0 saturated carbocycles. The van der Waals surface area contributed by atoms with Crippen LogP contribution in [-0.2, 0) is 33.9 Å². The van der Waals surface area contributed by atoms with Crippen LogP contribution in [0.4, 0.5) is 8.78 Å². The topological polar surface area (TPSA) is 145 Å². The molecule has 1 aromatic carbocycles. The zero-order valence-electron chi connectivity index (χ0n) is 15.7. The average molecular weight is 451 g/mol. The molecular formula is C17H19F2NO9S. The van der Waals surface area contributed by atoms with Crippen molar-refractivity contribution in [1.82, 2.24) is 4.72 Å². The Hall–Kier alpha value is -3.22. The molecule has 0 aliphatic heterocycles. The van der Waals surface area contributed by atoms with Gasteiger partial charge in [-0.3, -0.25) is 9.59 Å². The number of hydrogen-bond donors (Lipinski definition) is 2. The highest BCUT2D eigenvalue weighted by Crippen LogP contribution is 2.29. The van der Waals surface area contributed by atoms with E-state index < -0.39 is 63.7 Å². The monoisotopic (exact) mass is 451 g/mol. The van der Waals surface area contributed by atoms with Crippen molar-refractivity contribution in [2.75, 3.05) is 13.2 Å². The molecule has 0 aromatic heterocycles. The lowest BCUT2D eigenvalue weighted by Gasteiger charge is -2.10. The maximum absolute atomic E-state index is 12.2. The molecule has 1 aromatic rings. The number of sulfonamides is 1. The molecule has 1 amide bonds. The molecule has 13 heteroatoms. The van der Waals surface area contributed by atoms with Crippen molar-refractivity contribution in [1.29, 1.82) is 0 Å². The van der Waals surface area contributed by atoms with Crippen molar-refractivity contribution in [2.45, 2.75) is 31.3 Å². The summed E-state index contributed by atoms with van der Waals surface area (Å²) in [6.07, 6.45) is -0.996. The number of ether oxygens (including phenoxy) is 3. The molecule has 166 valence electrons. The van der Waals surface area contributed by atoms with Gasteiger partial charge in [-0.15, -0.1) is 0 Å². The number of nitrogens with one attached hydrogen (secondary N) is 1. The van der Waals surface area contributed by atoms with Gasteiger partial charge in [0.25, 0.3) is 10.0 Å². The predicted molar refractivity (Wildman–Crippen MR) is 96.0 cm³/mol. The summed E-state index contributed by atoms with van der Waals surface area (Å²) in [5, 5.41) is 9.55. The van der Waals surface area contributed by atoms with E-state index in [0.29, 0.717) is 6.07 Å². The van der Waals surface area contributed by atoms with Crippen molar-refractivity contribution in [3.63, 3.8) is 0 Å². The van der Waals surface area contributed by atoms with Crippen molar-refractivity contribution in [2.24, 2.45) is 0 Å². The first-order valence-electron chi connectivity index (χ1n) is 8.24. The summed E-state index contributed by atoms with van der Waals surface area (Å²) in [4.78, 5) is 33.8. The lowest BCUT2D eigenvalue weighted by molar-refractivity contribution is -0.150. The Bertz CT molecular complexity index is 916. The van der Waals surface area contributed by atoms with E-state index in [4.69, 9.17) is 4.74 Å². The first-order valence-corrected chi connectivity index (χ1v) is 9.72. The third-order valence-corrected chi connectivity index (χ3v) is 4.56. The minimum atomic E-state index is -4.43. The summed E-state index contributed by atoms with van der Waals surface area (Å²) in [6.45, 7) is 1.10. The Morgan fingerprint density at radius 3 is 2.37 bits per heavy atom. The van der Waals surface area contributed by atoms with Gasteiger partial charge in [-0.05, 0) is 19.1 Å². The van der Waals surface area contributed by atoms with Crippen LogP contribution in [0.2, 0.25) is 0 Å². The maximum atomic E-state index is 12.2. The highest BCUT2D eigenvalue weighted by Gasteiger charge is 2.21. The van der Waals surface area contributed by atoms with E-state index in [-0.39, 0.29) is 18.8 Å². The van der Waals surface area contributed by atoms with Crippen molar-refractivity contribution < 1.29 is 50.9 Å². The van der Waals surface area contributed by atoms with E-state index in [1.54, 1.807) is 4.72 Å². The molecule has 0 fully saturated rings. The fourth-order valence-electron chi connectivity index (χ4n) is 1.82.